The summed E-state index contributed by atoms with van der Waals surface area (Å²) in [5.74, 6) is 0.581. The van der Waals surface area contributed by atoms with E-state index in [9.17, 15) is 4.79 Å². The first-order chi connectivity index (χ1) is 7.36. The zero-order valence-corrected chi connectivity index (χ0v) is 9.59. The van der Waals surface area contributed by atoms with Crippen molar-refractivity contribution in [1.82, 2.24) is 0 Å². The molecule has 1 aromatic rings. The Morgan fingerprint density at radius 2 is 2.53 bits per heavy atom. The largest absolute Gasteiger partial charge is 0.381 e. The lowest BCUT2D eigenvalue weighted by atomic mass is 9.99. The molecule has 0 aliphatic carbocycles. The van der Waals surface area contributed by atoms with Crippen LogP contribution in [0.15, 0.2) is 17.5 Å². The van der Waals surface area contributed by atoms with Gasteiger partial charge in [0.1, 0.15) is 5.78 Å². The molecule has 0 N–H and O–H groups in total. The molecule has 2 nitrogen and oxygen atoms in total. The van der Waals surface area contributed by atoms with Crippen LogP contribution in [0.1, 0.15) is 24.1 Å². The second kappa shape index (κ2) is 5.42. The number of carbonyl (C=O) groups excluding carboxylic acids is 1. The Balaban J connectivity index is 1.67. The summed E-state index contributed by atoms with van der Waals surface area (Å²) < 4.78 is 5.21. The monoisotopic (exact) mass is 224 g/mol. The van der Waals surface area contributed by atoms with Gasteiger partial charge in [-0.3, -0.25) is 4.79 Å². The summed E-state index contributed by atoms with van der Waals surface area (Å²) >= 11 is 1.77. The summed E-state index contributed by atoms with van der Waals surface area (Å²) in [5.41, 5.74) is 0. The molecular weight excluding hydrogens is 208 g/mol. The van der Waals surface area contributed by atoms with Gasteiger partial charge in [0, 0.05) is 23.8 Å². The molecule has 0 spiro atoms. The van der Waals surface area contributed by atoms with Crippen molar-refractivity contribution in [2.45, 2.75) is 25.7 Å². The summed E-state index contributed by atoms with van der Waals surface area (Å²) in [6.07, 6.45) is 3.66. The van der Waals surface area contributed by atoms with E-state index < -0.39 is 0 Å². The molecule has 0 radical (unpaired) electrons. The average Bonchev–Trinajstić information content (AvgIpc) is 2.90. The van der Waals surface area contributed by atoms with Crippen LogP contribution >= 0.6 is 11.3 Å². The molecule has 82 valence electrons. The molecule has 0 bridgehead atoms. The number of carbonyl (C=O) groups is 1. The maximum atomic E-state index is 11.7. The van der Waals surface area contributed by atoms with Crippen LogP contribution in [0, 0.1) is 5.92 Å². The summed E-state index contributed by atoms with van der Waals surface area (Å²) in [7, 11) is 0. The van der Waals surface area contributed by atoms with Crippen LogP contribution in [-0.2, 0) is 16.0 Å². The maximum Gasteiger partial charge on any atom is 0.138 e. The topological polar surface area (TPSA) is 26.3 Å². The van der Waals surface area contributed by atoms with Crippen molar-refractivity contribution in [3.63, 3.8) is 0 Å². The Morgan fingerprint density at radius 1 is 1.60 bits per heavy atom. The molecule has 1 aliphatic rings. The first kappa shape index (κ1) is 10.8. The molecular formula is C12H16O2S. The van der Waals surface area contributed by atoms with Gasteiger partial charge in [-0.15, -0.1) is 11.3 Å². The predicted molar refractivity (Wildman–Crippen MR) is 61.2 cm³/mol. The van der Waals surface area contributed by atoms with E-state index in [1.807, 2.05) is 0 Å². The molecule has 1 unspecified atom stereocenters. The first-order valence-electron chi connectivity index (χ1n) is 5.49. The summed E-state index contributed by atoms with van der Waals surface area (Å²) in [5, 5.41) is 2.09. The van der Waals surface area contributed by atoms with Gasteiger partial charge in [-0.05, 0) is 30.7 Å². The van der Waals surface area contributed by atoms with E-state index in [1.54, 1.807) is 11.3 Å². The summed E-state index contributed by atoms with van der Waals surface area (Å²) in [6, 6.07) is 4.19. The number of hydrogen-bond acceptors (Lipinski definition) is 3. The Bertz CT molecular complexity index is 299. The molecule has 2 heterocycles. The van der Waals surface area contributed by atoms with Crippen LogP contribution in [0.4, 0.5) is 0 Å². The molecule has 0 amide bonds. The van der Waals surface area contributed by atoms with Crippen LogP contribution in [0.3, 0.4) is 0 Å². The molecule has 15 heavy (non-hydrogen) atoms. The third-order valence-corrected chi connectivity index (χ3v) is 3.75. The highest BCUT2D eigenvalue weighted by atomic mass is 32.1. The van der Waals surface area contributed by atoms with Crippen molar-refractivity contribution >= 4 is 17.1 Å². The van der Waals surface area contributed by atoms with Crippen molar-refractivity contribution in [2.75, 3.05) is 13.2 Å². The third-order valence-electron chi connectivity index (χ3n) is 2.81. The van der Waals surface area contributed by atoms with Crippen molar-refractivity contribution in [3.05, 3.63) is 22.4 Å². The number of rotatable bonds is 5. The van der Waals surface area contributed by atoms with Gasteiger partial charge >= 0.3 is 0 Å². The number of ketones is 1. The van der Waals surface area contributed by atoms with E-state index >= 15 is 0 Å². The maximum absolute atomic E-state index is 11.7. The zero-order chi connectivity index (χ0) is 10.5. The van der Waals surface area contributed by atoms with Crippen LogP contribution in [0.5, 0.6) is 0 Å². The Kier molecular flexibility index (Phi) is 3.92. The fourth-order valence-corrected chi connectivity index (χ4v) is 2.64. The normalized spacial score (nSPS) is 20.7. The predicted octanol–water partition coefficient (Wildman–Crippen LogP) is 2.68. The highest BCUT2D eigenvalue weighted by Gasteiger charge is 2.22. The van der Waals surface area contributed by atoms with Crippen molar-refractivity contribution in [1.29, 1.82) is 0 Å². The quantitative estimate of drug-likeness (QED) is 0.768. The van der Waals surface area contributed by atoms with Crippen molar-refractivity contribution in [2.24, 2.45) is 5.92 Å². The lowest BCUT2D eigenvalue weighted by Gasteiger charge is -2.05. The van der Waals surface area contributed by atoms with Gasteiger partial charge in [-0.2, -0.15) is 0 Å². The van der Waals surface area contributed by atoms with Crippen LogP contribution in [0.25, 0.3) is 0 Å². The van der Waals surface area contributed by atoms with Gasteiger partial charge < -0.3 is 4.74 Å². The van der Waals surface area contributed by atoms with Gasteiger partial charge in [0.2, 0.25) is 0 Å². The van der Waals surface area contributed by atoms with Gasteiger partial charge in [0.25, 0.3) is 0 Å². The van der Waals surface area contributed by atoms with Crippen LogP contribution < -0.4 is 0 Å². The van der Waals surface area contributed by atoms with Gasteiger partial charge in [-0.1, -0.05) is 6.07 Å². The van der Waals surface area contributed by atoms with E-state index in [0.29, 0.717) is 18.8 Å². The molecule has 3 heteroatoms. The summed E-state index contributed by atoms with van der Waals surface area (Å²) in [4.78, 5) is 13.1. The van der Waals surface area contributed by atoms with E-state index in [-0.39, 0.29) is 5.92 Å². The van der Waals surface area contributed by atoms with E-state index in [0.717, 1.165) is 25.9 Å². The molecule has 1 aromatic heterocycles. The molecule has 0 aromatic carbocycles. The Morgan fingerprint density at radius 3 is 3.20 bits per heavy atom. The number of Topliss-reactive ketones (excluding diaryl/α,β-unsaturated/α-hetero) is 1. The standard InChI is InChI=1S/C12H16O2S/c13-12(10-6-7-14-9-10)5-1-3-11-4-2-8-15-11/h2,4,8,10H,1,3,5-7,9H2. The molecule has 1 aliphatic heterocycles. The second-order valence-electron chi connectivity index (χ2n) is 3.96. The van der Waals surface area contributed by atoms with Crippen molar-refractivity contribution in [3.8, 4) is 0 Å². The second-order valence-corrected chi connectivity index (χ2v) is 4.99. The number of thiophene rings is 1. The van der Waals surface area contributed by atoms with Gasteiger partial charge in [-0.25, -0.2) is 0 Å². The summed E-state index contributed by atoms with van der Waals surface area (Å²) in [6.45, 7) is 1.42. The Hall–Kier alpha value is -0.670. The fraction of sp³-hybridized carbons (Fsp3) is 0.583. The Labute approximate surface area is 94.3 Å². The lowest BCUT2D eigenvalue weighted by molar-refractivity contribution is -0.122. The van der Waals surface area contributed by atoms with Crippen LogP contribution in [-0.4, -0.2) is 19.0 Å². The van der Waals surface area contributed by atoms with E-state index in [1.165, 1.54) is 4.88 Å². The number of ether oxygens (including phenoxy) is 1. The third kappa shape index (κ3) is 3.14. The minimum absolute atomic E-state index is 0.188. The molecule has 1 saturated heterocycles. The smallest absolute Gasteiger partial charge is 0.138 e. The number of hydrogen-bond donors (Lipinski definition) is 0. The molecule has 1 fully saturated rings. The minimum atomic E-state index is 0.188. The SMILES string of the molecule is O=C(CCCc1cccs1)C1CCOC1. The zero-order valence-electron chi connectivity index (χ0n) is 8.78. The average molecular weight is 224 g/mol. The fourth-order valence-electron chi connectivity index (χ4n) is 1.88. The van der Waals surface area contributed by atoms with E-state index in [2.05, 4.69) is 17.5 Å². The van der Waals surface area contributed by atoms with E-state index in [4.69, 9.17) is 4.74 Å². The highest BCUT2D eigenvalue weighted by Crippen LogP contribution is 2.17. The van der Waals surface area contributed by atoms with Crippen LogP contribution in [0.2, 0.25) is 0 Å². The molecule has 0 saturated carbocycles. The molecule has 1 atom stereocenters. The molecule has 2 rings (SSSR count). The number of aryl methyl sites for hydroxylation is 1. The van der Waals surface area contributed by atoms with Gasteiger partial charge in [0.05, 0.1) is 6.61 Å². The van der Waals surface area contributed by atoms with Gasteiger partial charge in [0.15, 0.2) is 0 Å². The first-order valence-corrected chi connectivity index (χ1v) is 6.37. The lowest BCUT2D eigenvalue weighted by Crippen LogP contribution is -2.14. The highest BCUT2D eigenvalue weighted by molar-refractivity contribution is 7.09. The van der Waals surface area contributed by atoms with Crippen molar-refractivity contribution < 1.29 is 9.53 Å². The minimum Gasteiger partial charge on any atom is -0.381 e.